The Kier molecular flexibility index (Phi) is 10.2. The number of amides is 2. The van der Waals surface area contributed by atoms with E-state index in [2.05, 4.69) is 5.32 Å². The molecule has 0 unspecified atom stereocenters. The average molecular weight is 586 g/mol. The van der Waals surface area contributed by atoms with Crippen LogP contribution < -0.4 is 14.4 Å². The normalized spacial score (nSPS) is 12.3. The van der Waals surface area contributed by atoms with Gasteiger partial charge in [0.15, 0.2) is 0 Å². The maximum absolute atomic E-state index is 14.1. The third kappa shape index (κ3) is 7.99. The van der Waals surface area contributed by atoms with Gasteiger partial charge in [0.1, 0.15) is 18.3 Å². The van der Waals surface area contributed by atoms with Crippen LogP contribution in [0.1, 0.15) is 39.7 Å². The average Bonchev–Trinajstić information content (AvgIpc) is 2.92. The van der Waals surface area contributed by atoms with Gasteiger partial charge in [-0.15, -0.1) is 0 Å². The summed E-state index contributed by atoms with van der Waals surface area (Å²) in [6, 6.07) is 20.5. The van der Waals surface area contributed by atoms with Crippen molar-refractivity contribution in [2.24, 2.45) is 0 Å². The minimum atomic E-state index is -4.14. The summed E-state index contributed by atoms with van der Waals surface area (Å²) < 4.78 is 34.0. The molecular weight excluding hydrogens is 550 g/mol. The largest absolute Gasteiger partial charge is 0.497 e. The molecule has 3 aromatic carbocycles. The molecule has 1 N–H and O–H groups in total. The van der Waals surface area contributed by atoms with Crippen molar-refractivity contribution in [1.82, 2.24) is 10.2 Å². The van der Waals surface area contributed by atoms with Crippen molar-refractivity contribution in [3.05, 3.63) is 89.4 Å². The van der Waals surface area contributed by atoms with Crippen LogP contribution in [-0.2, 0) is 26.2 Å². The minimum absolute atomic E-state index is 0.0420. The van der Waals surface area contributed by atoms with Crippen molar-refractivity contribution in [1.29, 1.82) is 0 Å². The van der Waals surface area contributed by atoms with Gasteiger partial charge >= 0.3 is 0 Å². The summed E-state index contributed by atoms with van der Waals surface area (Å²) in [6.45, 7) is 6.98. The molecule has 8 nitrogen and oxygen atoms in total. The summed E-state index contributed by atoms with van der Waals surface area (Å²) in [5.41, 5.74) is 0.518. The number of hydrogen-bond acceptors (Lipinski definition) is 5. The lowest BCUT2D eigenvalue weighted by atomic mass is 10.1. The number of ether oxygens (including phenoxy) is 1. The van der Waals surface area contributed by atoms with Crippen molar-refractivity contribution >= 4 is 39.1 Å². The van der Waals surface area contributed by atoms with Crippen LogP contribution >= 0.6 is 11.6 Å². The third-order valence-corrected chi connectivity index (χ3v) is 8.16. The van der Waals surface area contributed by atoms with Crippen molar-refractivity contribution in [2.45, 2.75) is 57.1 Å². The Morgan fingerprint density at radius 1 is 0.950 bits per heavy atom. The predicted molar refractivity (Wildman–Crippen MR) is 158 cm³/mol. The van der Waals surface area contributed by atoms with E-state index in [0.29, 0.717) is 17.2 Å². The monoisotopic (exact) mass is 585 g/mol. The molecule has 1 atom stereocenters. The van der Waals surface area contributed by atoms with E-state index in [1.165, 1.54) is 24.1 Å². The highest BCUT2D eigenvalue weighted by Crippen LogP contribution is 2.27. The number of hydrogen-bond donors (Lipinski definition) is 1. The Morgan fingerprint density at radius 2 is 1.55 bits per heavy atom. The van der Waals surface area contributed by atoms with Crippen molar-refractivity contribution in [2.75, 3.05) is 18.0 Å². The molecule has 0 radical (unpaired) electrons. The summed E-state index contributed by atoms with van der Waals surface area (Å²) in [5, 5.41) is 3.50. The number of anilines is 1. The van der Waals surface area contributed by atoms with E-state index in [-0.39, 0.29) is 23.0 Å². The molecule has 40 heavy (non-hydrogen) atoms. The Morgan fingerprint density at radius 3 is 2.08 bits per heavy atom. The first-order chi connectivity index (χ1) is 18.9. The maximum Gasteiger partial charge on any atom is 0.264 e. The molecule has 2 amide bonds. The highest BCUT2D eigenvalue weighted by atomic mass is 35.5. The summed E-state index contributed by atoms with van der Waals surface area (Å²) in [5.74, 6) is -0.304. The minimum Gasteiger partial charge on any atom is -0.497 e. The molecule has 0 bridgehead atoms. The SMILES string of the molecule is CC[C@H](C(=O)NC(C)(C)C)N(Cc1ccc(Cl)cc1)C(=O)CN(c1ccc(OC)cc1)S(=O)(=O)c1ccccc1. The van der Waals surface area contributed by atoms with Crippen LogP contribution in [-0.4, -0.2) is 50.4 Å². The van der Waals surface area contributed by atoms with Gasteiger partial charge < -0.3 is 15.0 Å². The lowest BCUT2D eigenvalue weighted by Crippen LogP contribution is -2.55. The fourth-order valence-corrected chi connectivity index (χ4v) is 5.72. The Hall–Kier alpha value is -3.56. The molecule has 214 valence electrons. The van der Waals surface area contributed by atoms with E-state index in [9.17, 15) is 18.0 Å². The van der Waals surface area contributed by atoms with Crippen molar-refractivity contribution in [3.63, 3.8) is 0 Å². The number of carbonyl (C=O) groups is 2. The second kappa shape index (κ2) is 13.2. The lowest BCUT2D eigenvalue weighted by molar-refractivity contribution is -0.141. The van der Waals surface area contributed by atoms with Gasteiger partial charge in [-0.25, -0.2) is 8.42 Å². The quantitative estimate of drug-likeness (QED) is 0.331. The van der Waals surface area contributed by atoms with Gasteiger partial charge in [-0.1, -0.05) is 48.9 Å². The van der Waals surface area contributed by atoms with Crippen LogP contribution in [0.3, 0.4) is 0 Å². The van der Waals surface area contributed by atoms with Crippen LogP contribution in [0.2, 0.25) is 5.02 Å². The van der Waals surface area contributed by atoms with Gasteiger partial charge in [0, 0.05) is 17.1 Å². The van der Waals surface area contributed by atoms with Gasteiger partial charge in [0.25, 0.3) is 10.0 Å². The molecule has 0 heterocycles. The molecule has 3 rings (SSSR count). The van der Waals surface area contributed by atoms with E-state index >= 15 is 0 Å². The first-order valence-electron chi connectivity index (χ1n) is 12.9. The highest BCUT2D eigenvalue weighted by molar-refractivity contribution is 7.92. The molecule has 10 heteroatoms. The zero-order valence-electron chi connectivity index (χ0n) is 23.4. The van der Waals surface area contributed by atoms with Crippen LogP contribution in [0.5, 0.6) is 5.75 Å². The fourth-order valence-electron chi connectivity index (χ4n) is 4.16. The van der Waals surface area contributed by atoms with E-state index in [4.69, 9.17) is 16.3 Å². The van der Waals surface area contributed by atoms with E-state index < -0.39 is 34.1 Å². The topological polar surface area (TPSA) is 96.0 Å². The molecule has 0 aliphatic rings. The zero-order chi connectivity index (χ0) is 29.5. The predicted octanol–water partition coefficient (Wildman–Crippen LogP) is 5.27. The number of methoxy groups -OCH3 is 1. The van der Waals surface area contributed by atoms with E-state index in [0.717, 1.165) is 9.87 Å². The number of carbonyl (C=O) groups excluding carboxylic acids is 2. The molecule has 3 aromatic rings. The van der Waals surface area contributed by atoms with Gasteiger partial charge in [0.05, 0.1) is 17.7 Å². The molecule has 0 fully saturated rings. The Bertz CT molecular complexity index is 1390. The van der Waals surface area contributed by atoms with Gasteiger partial charge in [-0.05, 0) is 81.3 Å². The third-order valence-electron chi connectivity index (χ3n) is 6.12. The van der Waals surface area contributed by atoms with Gasteiger partial charge in [0.2, 0.25) is 11.8 Å². The number of sulfonamides is 1. The number of benzene rings is 3. The van der Waals surface area contributed by atoms with Crippen molar-refractivity contribution < 1.29 is 22.7 Å². The van der Waals surface area contributed by atoms with E-state index in [1.54, 1.807) is 66.7 Å². The summed E-state index contributed by atoms with van der Waals surface area (Å²) >= 11 is 6.06. The second-order valence-electron chi connectivity index (χ2n) is 10.3. The molecule has 0 aliphatic heterocycles. The first kappa shape index (κ1) is 31.0. The van der Waals surface area contributed by atoms with Crippen LogP contribution in [0, 0.1) is 0 Å². The fraction of sp³-hybridized carbons (Fsp3) is 0.333. The summed E-state index contributed by atoms with van der Waals surface area (Å²) in [7, 11) is -2.62. The van der Waals surface area contributed by atoms with Gasteiger partial charge in [-0.2, -0.15) is 0 Å². The molecule has 0 aromatic heterocycles. The van der Waals surface area contributed by atoms with Crippen LogP contribution in [0.15, 0.2) is 83.8 Å². The summed E-state index contributed by atoms with van der Waals surface area (Å²) in [6.07, 6.45) is 0.329. The van der Waals surface area contributed by atoms with Gasteiger partial charge in [-0.3, -0.25) is 13.9 Å². The molecule has 0 spiro atoms. The van der Waals surface area contributed by atoms with Crippen molar-refractivity contribution in [3.8, 4) is 5.75 Å². The zero-order valence-corrected chi connectivity index (χ0v) is 25.0. The smallest absolute Gasteiger partial charge is 0.264 e. The Labute approximate surface area is 241 Å². The Balaban J connectivity index is 2.06. The lowest BCUT2D eigenvalue weighted by Gasteiger charge is -2.34. The maximum atomic E-state index is 14.1. The highest BCUT2D eigenvalue weighted by Gasteiger charge is 2.34. The van der Waals surface area contributed by atoms with E-state index in [1.807, 2.05) is 27.7 Å². The molecule has 0 saturated carbocycles. The summed E-state index contributed by atoms with van der Waals surface area (Å²) in [4.78, 5) is 28.9. The van der Waals surface area contributed by atoms with Crippen LogP contribution in [0.25, 0.3) is 0 Å². The second-order valence-corrected chi connectivity index (χ2v) is 12.6. The number of rotatable bonds is 11. The number of halogens is 1. The number of nitrogens with one attached hydrogen (secondary N) is 1. The standard InChI is InChI=1S/C30H36ClN3O5S/c1-6-27(29(36)32-30(2,3)4)33(20-22-12-14-23(31)15-13-22)28(35)21-34(24-16-18-25(39-5)19-17-24)40(37,38)26-10-8-7-9-11-26/h7-19,27H,6,20-21H2,1-5H3,(H,32,36)/t27-/m1/s1. The first-order valence-corrected chi connectivity index (χ1v) is 14.8. The number of nitrogens with zero attached hydrogens (tertiary/aromatic N) is 2. The van der Waals surface area contributed by atoms with Crippen LogP contribution in [0.4, 0.5) is 5.69 Å². The molecule has 0 aliphatic carbocycles. The molecular formula is C30H36ClN3O5S. The molecule has 0 saturated heterocycles.